The number of guanidine groups is 1. The number of aryl methyl sites for hydroxylation is 1. The first-order chi connectivity index (χ1) is 10.7. The maximum Gasteiger partial charge on any atom is 0.191 e. The van der Waals surface area contributed by atoms with Gasteiger partial charge in [0, 0.05) is 18.8 Å². The lowest BCUT2D eigenvalue weighted by Crippen LogP contribution is -2.47. The number of rotatable bonds is 6. The Morgan fingerprint density at radius 1 is 1.26 bits per heavy atom. The number of nitrogens with one attached hydrogen (secondary N) is 2. The molecule has 6 heteroatoms. The normalized spacial score (nSPS) is 20.9. The predicted octanol–water partition coefficient (Wildman–Crippen LogP) is 2.79. The standard InChI is InChI=1S/C17H27N3OS.HI/c1-3-14-7-5-6-8-15(14)11-19-16(18-4-2)20-12-17(21)9-10-22-13-17;/h5-8,21H,3-4,9-13H2,1-2H3,(H2,18,19,20);1H. The topological polar surface area (TPSA) is 56.7 Å². The highest BCUT2D eigenvalue weighted by Crippen LogP contribution is 2.26. The second-order valence-electron chi connectivity index (χ2n) is 5.70. The minimum absolute atomic E-state index is 0. The summed E-state index contributed by atoms with van der Waals surface area (Å²) in [5, 5.41) is 16.9. The number of aliphatic hydroxyl groups is 1. The third-order valence-corrected chi connectivity index (χ3v) is 5.15. The summed E-state index contributed by atoms with van der Waals surface area (Å²) in [6.07, 6.45) is 1.87. The first-order valence-electron chi connectivity index (χ1n) is 8.06. The summed E-state index contributed by atoms with van der Waals surface area (Å²) in [6, 6.07) is 8.42. The van der Waals surface area contributed by atoms with Crippen LogP contribution in [0.15, 0.2) is 29.3 Å². The van der Waals surface area contributed by atoms with Crippen molar-refractivity contribution in [3.8, 4) is 0 Å². The lowest BCUT2D eigenvalue weighted by molar-refractivity contribution is 0.0724. The van der Waals surface area contributed by atoms with Gasteiger partial charge in [-0.2, -0.15) is 11.8 Å². The van der Waals surface area contributed by atoms with Crippen LogP contribution in [0.25, 0.3) is 0 Å². The first-order valence-corrected chi connectivity index (χ1v) is 9.21. The summed E-state index contributed by atoms with van der Waals surface area (Å²) in [5.41, 5.74) is 2.01. The Morgan fingerprint density at radius 3 is 2.61 bits per heavy atom. The molecule has 1 atom stereocenters. The molecule has 0 radical (unpaired) electrons. The van der Waals surface area contributed by atoms with E-state index in [9.17, 15) is 5.11 Å². The van der Waals surface area contributed by atoms with Gasteiger partial charge in [-0.05, 0) is 36.6 Å². The van der Waals surface area contributed by atoms with Gasteiger partial charge in [0.05, 0.1) is 12.1 Å². The van der Waals surface area contributed by atoms with Gasteiger partial charge in [-0.25, -0.2) is 4.99 Å². The van der Waals surface area contributed by atoms with Gasteiger partial charge in [-0.1, -0.05) is 31.2 Å². The van der Waals surface area contributed by atoms with Crippen LogP contribution < -0.4 is 10.6 Å². The molecule has 1 aliphatic heterocycles. The molecular weight excluding hydrogens is 421 g/mol. The van der Waals surface area contributed by atoms with Crippen molar-refractivity contribution in [2.75, 3.05) is 24.6 Å². The second-order valence-corrected chi connectivity index (χ2v) is 6.80. The van der Waals surface area contributed by atoms with Gasteiger partial charge in [-0.3, -0.25) is 0 Å². The zero-order valence-electron chi connectivity index (χ0n) is 14.0. The van der Waals surface area contributed by atoms with E-state index in [1.807, 2.05) is 11.8 Å². The van der Waals surface area contributed by atoms with Gasteiger partial charge in [0.25, 0.3) is 0 Å². The molecule has 2 rings (SSSR count). The van der Waals surface area contributed by atoms with E-state index in [2.05, 4.69) is 53.7 Å². The first kappa shape index (κ1) is 20.6. The van der Waals surface area contributed by atoms with Crippen molar-refractivity contribution in [1.29, 1.82) is 0 Å². The Balaban J connectivity index is 0.00000264. The molecule has 0 aromatic heterocycles. The van der Waals surface area contributed by atoms with Crippen LogP contribution in [0.1, 0.15) is 31.4 Å². The molecule has 0 spiro atoms. The average molecular weight is 449 g/mol. The van der Waals surface area contributed by atoms with Gasteiger partial charge < -0.3 is 15.7 Å². The van der Waals surface area contributed by atoms with Crippen molar-refractivity contribution in [3.63, 3.8) is 0 Å². The fraction of sp³-hybridized carbons (Fsp3) is 0.588. The van der Waals surface area contributed by atoms with Gasteiger partial charge in [0.15, 0.2) is 5.96 Å². The molecule has 23 heavy (non-hydrogen) atoms. The summed E-state index contributed by atoms with van der Waals surface area (Å²) >= 11 is 1.81. The highest BCUT2D eigenvalue weighted by atomic mass is 127. The van der Waals surface area contributed by atoms with Crippen molar-refractivity contribution < 1.29 is 5.11 Å². The van der Waals surface area contributed by atoms with E-state index in [0.717, 1.165) is 36.9 Å². The van der Waals surface area contributed by atoms with E-state index in [4.69, 9.17) is 0 Å². The number of thioether (sulfide) groups is 1. The Labute approximate surface area is 160 Å². The Hall–Kier alpha value is -0.470. The highest BCUT2D eigenvalue weighted by Gasteiger charge is 2.31. The quantitative estimate of drug-likeness (QED) is 0.355. The third-order valence-electron chi connectivity index (χ3n) is 3.92. The monoisotopic (exact) mass is 449 g/mol. The van der Waals surface area contributed by atoms with Crippen molar-refractivity contribution >= 4 is 41.7 Å². The molecule has 3 N–H and O–H groups in total. The molecule has 0 aliphatic carbocycles. The molecule has 0 saturated carbocycles. The number of hydrogen-bond donors (Lipinski definition) is 3. The Morgan fingerprint density at radius 2 is 2.00 bits per heavy atom. The molecule has 1 saturated heterocycles. The number of halogens is 1. The molecular formula is C17H28IN3OS. The fourth-order valence-electron chi connectivity index (χ4n) is 2.55. The van der Waals surface area contributed by atoms with Crippen molar-refractivity contribution in [2.24, 2.45) is 4.99 Å². The van der Waals surface area contributed by atoms with Crippen LogP contribution in [-0.2, 0) is 13.0 Å². The van der Waals surface area contributed by atoms with E-state index in [1.165, 1.54) is 11.1 Å². The Bertz CT molecular complexity index is 504. The number of benzene rings is 1. The van der Waals surface area contributed by atoms with Gasteiger partial charge >= 0.3 is 0 Å². The lowest BCUT2D eigenvalue weighted by Gasteiger charge is -2.23. The van der Waals surface area contributed by atoms with Crippen molar-refractivity contribution in [1.82, 2.24) is 10.6 Å². The van der Waals surface area contributed by atoms with Gasteiger partial charge in [-0.15, -0.1) is 24.0 Å². The summed E-state index contributed by atoms with van der Waals surface area (Å²) in [4.78, 5) is 4.66. The summed E-state index contributed by atoms with van der Waals surface area (Å²) in [6.45, 7) is 6.25. The Kier molecular flexibility index (Phi) is 9.31. The van der Waals surface area contributed by atoms with Gasteiger partial charge in [0.1, 0.15) is 0 Å². The van der Waals surface area contributed by atoms with Gasteiger partial charge in [0.2, 0.25) is 0 Å². The van der Waals surface area contributed by atoms with Crippen LogP contribution in [0.4, 0.5) is 0 Å². The van der Waals surface area contributed by atoms with E-state index in [0.29, 0.717) is 13.1 Å². The molecule has 0 amide bonds. The van der Waals surface area contributed by atoms with E-state index in [-0.39, 0.29) is 24.0 Å². The fourth-order valence-corrected chi connectivity index (χ4v) is 3.84. The third kappa shape index (κ3) is 6.51. The zero-order valence-corrected chi connectivity index (χ0v) is 17.1. The summed E-state index contributed by atoms with van der Waals surface area (Å²) in [7, 11) is 0. The van der Waals surface area contributed by atoms with Crippen molar-refractivity contribution in [2.45, 2.75) is 38.8 Å². The van der Waals surface area contributed by atoms with E-state index in [1.54, 1.807) is 0 Å². The maximum absolute atomic E-state index is 10.4. The molecule has 1 aromatic carbocycles. The van der Waals surface area contributed by atoms with Crippen molar-refractivity contribution in [3.05, 3.63) is 35.4 Å². The molecule has 1 heterocycles. The highest BCUT2D eigenvalue weighted by molar-refractivity contribution is 14.0. The van der Waals surface area contributed by atoms with Crippen LogP contribution >= 0.6 is 35.7 Å². The molecule has 4 nitrogen and oxygen atoms in total. The van der Waals surface area contributed by atoms with Crippen LogP contribution in [-0.4, -0.2) is 41.3 Å². The van der Waals surface area contributed by atoms with E-state index < -0.39 is 5.60 Å². The minimum atomic E-state index is -0.595. The smallest absolute Gasteiger partial charge is 0.191 e. The van der Waals surface area contributed by atoms with Crippen LogP contribution in [0.5, 0.6) is 0 Å². The average Bonchev–Trinajstić information content (AvgIpc) is 2.97. The van der Waals surface area contributed by atoms with E-state index >= 15 is 0 Å². The number of hydrogen-bond acceptors (Lipinski definition) is 3. The summed E-state index contributed by atoms with van der Waals surface area (Å²) < 4.78 is 0. The minimum Gasteiger partial charge on any atom is -0.387 e. The largest absolute Gasteiger partial charge is 0.387 e. The molecule has 130 valence electrons. The lowest BCUT2D eigenvalue weighted by atomic mass is 10.0. The zero-order chi connectivity index (χ0) is 15.8. The number of nitrogens with zero attached hydrogens (tertiary/aromatic N) is 1. The van der Waals surface area contributed by atoms with Crippen LogP contribution in [0, 0.1) is 0 Å². The molecule has 1 unspecified atom stereocenters. The molecule has 0 bridgehead atoms. The second kappa shape index (κ2) is 10.4. The summed E-state index contributed by atoms with van der Waals surface area (Å²) in [5.74, 6) is 2.62. The predicted molar refractivity (Wildman–Crippen MR) is 111 cm³/mol. The van der Waals surface area contributed by atoms with Crippen LogP contribution in [0.2, 0.25) is 0 Å². The molecule has 1 aromatic rings. The molecule has 1 fully saturated rings. The molecule has 1 aliphatic rings. The number of aliphatic imine (C=N–C) groups is 1. The van der Waals surface area contributed by atoms with Crippen LogP contribution in [0.3, 0.4) is 0 Å². The maximum atomic E-state index is 10.4. The SMILES string of the molecule is CCNC(=NCc1ccccc1CC)NCC1(O)CCSC1.I.